The number of carbonyl (C=O) groups is 3. The summed E-state index contributed by atoms with van der Waals surface area (Å²) < 4.78 is 1.75. The summed E-state index contributed by atoms with van der Waals surface area (Å²) in [5.41, 5.74) is 10.3. The molecule has 4 aromatic carbocycles. The molecule has 0 saturated heterocycles. The summed E-state index contributed by atoms with van der Waals surface area (Å²) in [4.78, 5) is 44.0. The van der Waals surface area contributed by atoms with Crippen LogP contribution in [0.25, 0.3) is 22.2 Å². The predicted molar refractivity (Wildman–Crippen MR) is 153 cm³/mol. The van der Waals surface area contributed by atoms with E-state index in [9.17, 15) is 14.4 Å². The highest BCUT2D eigenvalue weighted by molar-refractivity contribution is 6.07. The van der Waals surface area contributed by atoms with Crippen LogP contribution in [-0.2, 0) is 11.3 Å². The maximum Gasteiger partial charge on any atom is 0.258 e. The first kappa shape index (κ1) is 25.4. The zero-order valence-electron chi connectivity index (χ0n) is 21.4. The smallest absolute Gasteiger partial charge is 0.258 e. The molecule has 1 heterocycles. The third-order valence-corrected chi connectivity index (χ3v) is 6.48. The molecule has 0 atom stereocenters. The fourth-order valence-corrected chi connectivity index (χ4v) is 4.41. The summed E-state index contributed by atoms with van der Waals surface area (Å²) in [6.07, 6.45) is 0.0754. The Kier molecular flexibility index (Phi) is 7.18. The second-order valence-electron chi connectivity index (χ2n) is 9.11. The number of amides is 3. The van der Waals surface area contributed by atoms with Gasteiger partial charge in [-0.1, -0.05) is 60.7 Å². The minimum atomic E-state index is -0.463. The van der Waals surface area contributed by atoms with E-state index in [0.717, 1.165) is 11.1 Å². The SMILES string of the molecule is CN(C(=O)c1ccccc1)c1ccc2c(c1)nc(NC(=O)c1cccc(-c3ccccc3)c1)n2CCC(N)=O. The average molecular weight is 518 g/mol. The van der Waals surface area contributed by atoms with Gasteiger partial charge in [-0.05, 0) is 53.6 Å². The van der Waals surface area contributed by atoms with Crippen molar-refractivity contribution in [3.63, 3.8) is 0 Å². The Hall–Kier alpha value is -5.24. The predicted octanol–water partition coefficient (Wildman–Crippen LogP) is 5.11. The van der Waals surface area contributed by atoms with E-state index in [-0.39, 0.29) is 30.7 Å². The van der Waals surface area contributed by atoms with Crippen LogP contribution in [0.4, 0.5) is 11.6 Å². The van der Waals surface area contributed by atoms with Crippen LogP contribution < -0.4 is 16.0 Å². The summed E-state index contributed by atoms with van der Waals surface area (Å²) in [5, 5.41) is 2.90. The number of hydrogen-bond acceptors (Lipinski definition) is 4. The lowest BCUT2D eigenvalue weighted by molar-refractivity contribution is -0.118. The molecule has 8 heteroatoms. The molecule has 3 amide bonds. The second-order valence-corrected chi connectivity index (χ2v) is 9.11. The van der Waals surface area contributed by atoms with Crippen molar-refractivity contribution < 1.29 is 14.4 Å². The van der Waals surface area contributed by atoms with Gasteiger partial charge in [-0.2, -0.15) is 0 Å². The number of benzene rings is 4. The lowest BCUT2D eigenvalue weighted by atomic mass is 10.0. The van der Waals surface area contributed by atoms with Crippen LogP contribution in [0.1, 0.15) is 27.1 Å². The van der Waals surface area contributed by atoms with E-state index >= 15 is 0 Å². The van der Waals surface area contributed by atoms with E-state index in [1.165, 1.54) is 0 Å². The van der Waals surface area contributed by atoms with Crippen molar-refractivity contribution >= 4 is 40.4 Å². The molecule has 1 aromatic heterocycles. The zero-order chi connectivity index (χ0) is 27.4. The van der Waals surface area contributed by atoms with E-state index in [1.807, 2.05) is 72.8 Å². The molecule has 5 aromatic rings. The summed E-state index contributed by atoms with van der Waals surface area (Å²) in [6, 6.07) is 31.6. The Morgan fingerprint density at radius 3 is 2.21 bits per heavy atom. The molecule has 8 nitrogen and oxygen atoms in total. The van der Waals surface area contributed by atoms with Crippen molar-refractivity contribution in [2.45, 2.75) is 13.0 Å². The molecule has 0 fully saturated rings. The summed E-state index contributed by atoms with van der Waals surface area (Å²) in [7, 11) is 1.70. The number of nitrogens with zero attached hydrogens (tertiary/aromatic N) is 3. The average Bonchev–Trinajstić information content (AvgIpc) is 3.32. The first-order chi connectivity index (χ1) is 18.9. The van der Waals surface area contributed by atoms with Crippen molar-refractivity contribution in [3.8, 4) is 11.1 Å². The Morgan fingerprint density at radius 2 is 1.49 bits per heavy atom. The highest BCUT2D eigenvalue weighted by atomic mass is 16.2. The van der Waals surface area contributed by atoms with E-state index in [1.54, 1.807) is 46.8 Å². The monoisotopic (exact) mass is 517 g/mol. The van der Waals surface area contributed by atoms with Crippen LogP contribution in [0.5, 0.6) is 0 Å². The van der Waals surface area contributed by atoms with Crippen LogP contribution >= 0.6 is 0 Å². The number of rotatable bonds is 8. The number of nitrogens with two attached hydrogens (primary N) is 1. The van der Waals surface area contributed by atoms with Crippen molar-refractivity contribution in [1.82, 2.24) is 9.55 Å². The molecule has 0 bridgehead atoms. The molecule has 0 aliphatic heterocycles. The molecule has 0 spiro atoms. The number of nitrogens with one attached hydrogen (secondary N) is 1. The van der Waals surface area contributed by atoms with Gasteiger partial charge in [-0.25, -0.2) is 4.98 Å². The molecule has 3 N–H and O–H groups in total. The lowest BCUT2D eigenvalue weighted by Gasteiger charge is -2.17. The van der Waals surface area contributed by atoms with Crippen LogP contribution in [-0.4, -0.2) is 34.3 Å². The van der Waals surface area contributed by atoms with Gasteiger partial charge < -0.3 is 15.2 Å². The molecule has 0 aliphatic carbocycles. The largest absolute Gasteiger partial charge is 0.370 e. The minimum Gasteiger partial charge on any atom is -0.370 e. The molecule has 39 heavy (non-hydrogen) atoms. The van der Waals surface area contributed by atoms with Gasteiger partial charge in [0.25, 0.3) is 11.8 Å². The molecule has 0 unspecified atom stereocenters. The second kappa shape index (κ2) is 11.0. The number of primary amides is 1. The Morgan fingerprint density at radius 1 is 0.821 bits per heavy atom. The van der Waals surface area contributed by atoms with Crippen molar-refractivity contribution in [2.75, 3.05) is 17.3 Å². The van der Waals surface area contributed by atoms with E-state index in [2.05, 4.69) is 10.3 Å². The van der Waals surface area contributed by atoms with Gasteiger partial charge in [0.1, 0.15) is 0 Å². The molecule has 194 valence electrons. The number of fused-ring (bicyclic) bond motifs is 1. The topological polar surface area (TPSA) is 110 Å². The number of anilines is 2. The first-order valence-corrected chi connectivity index (χ1v) is 12.5. The van der Waals surface area contributed by atoms with Crippen molar-refractivity contribution in [3.05, 3.63) is 114 Å². The van der Waals surface area contributed by atoms with Gasteiger partial charge in [0.15, 0.2) is 0 Å². The maximum atomic E-state index is 13.3. The molecule has 5 rings (SSSR count). The van der Waals surface area contributed by atoms with Crippen LogP contribution in [0.3, 0.4) is 0 Å². The Balaban J connectivity index is 1.46. The Labute approximate surface area is 225 Å². The van der Waals surface area contributed by atoms with Crippen molar-refractivity contribution in [1.29, 1.82) is 0 Å². The number of imidazole rings is 1. The molecule has 0 saturated carbocycles. The molecular formula is C31H27N5O3. The van der Waals surface area contributed by atoms with Gasteiger partial charge in [0, 0.05) is 36.8 Å². The van der Waals surface area contributed by atoms with Crippen molar-refractivity contribution in [2.24, 2.45) is 5.73 Å². The zero-order valence-corrected chi connectivity index (χ0v) is 21.4. The summed E-state index contributed by atoms with van der Waals surface area (Å²) in [6.45, 7) is 0.240. The number of aromatic nitrogens is 2. The van der Waals surface area contributed by atoms with Gasteiger partial charge in [0.05, 0.1) is 11.0 Å². The van der Waals surface area contributed by atoms with Crippen LogP contribution in [0.15, 0.2) is 103 Å². The molecular weight excluding hydrogens is 490 g/mol. The quantitative estimate of drug-likeness (QED) is 0.298. The summed E-state index contributed by atoms with van der Waals surface area (Å²) >= 11 is 0. The first-order valence-electron chi connectivity index (χ1n) is 12.5. The highest BCUT2D eigenvalue weighted by Crippen LogP contribution is 2.27. The van der Waals surface area contributed by atoms with Gasteiger partial charge in [0.2, 0.25) is 11.9 Å². The van der Waals surface area contributed by atoms with Gasteiger partial charge >= 0.3 is 0 Å². The fourth-order valence-electron chi connectivity index (χ4n) is 4.41. The number of hydrogen-bond donors (Lipinski definition) is 2. The normalized spacial score (nSPS) is 10.8. The third-order valence-electron chi connectivity index (χ3n) is 6.48. The summed E-state index contributed by atoms with van der Waals surface area (Å²) in [5.74, 6) is -0.667. The van der Waals surface area contributed by atoms with E-state index in [0.29, 0.717) is 27.8 Å². The van der Waals surface area contributed by atoms with Gasteiger partial charge in [-0.3, -0.25) is 19.7 Å². The minimum absolute atomic E-state index is 0.0754. The third kappa shape index (κ3) is 5.55. The van der Waals surface area contributed by atoms with Crippen LogP contribution in [0.2, 0.25) is 0 Å². The van der Waals surface area contributed by atoms with E-state index in [4.69, 9.17) is 5.73 Å². The molecule has 0 radical (unpaired) electrons. The Bertz CT molecular complexity index is 1660. The number of aryl methyl sites for hydroxylation is 1. The maximum absolute atomic E-state index is 13.3. The highest BCUT2D eigenvalue weighted by Gasteiger charge is 2.19. The fraction of sp³-hybridized carbons (Fsp3) is 0.0968. The standard InChI is InChI=1S/C31H27N5O3/c1-35(30(39)22-11-6-3-7-12-22)25-15-16-27-26(20-25)33-31(36(27)18-17-28(32)37)34-29(38)24-14-8-13-23(19-24)21-9-4-2-5-10-21/h2-16,19-20H,17-18H2,1H3,(H2,32,37)(H,33,34,38). The number of carbonyl (C=O) groups excluding carboxylic acids is 3. The van der Waals surface area contributed by atoms with Crippen LogP contribution in [0, 0.1) is 0 Å². The van der Waals surface area contributed by atoms with Gasteiger partial charge in [-0.15, -0.1) is 0 Å². The lowest BCUT2D eigenvalue weighted by Crippen LogP contribution is -2.26. The molecule has 0 aliphatic rings. The van der Waals surface area contributed by atoms with E-state index < -0.39 is 5.91 Å².